The van der Waals surface area contributed by atoms with Crippen molar-refractivity contribution in [2.45, 2.75) is 38.8 Å². The molecule has 2 unspecified atom stereocenters. The zero-order valence-electron chi connectivity index (χ0n) is 10.0. The van der Waals surface area contributed by atoms with E-state index in [9.17, 15) is 4.79 Å². The zero-order chi connectivity index (χ0) is 12.6. The lowest BCUT2D eigenvalue weighted by Gasteiger charge is -2.28. The number of halogens is 1. The van der Waals surface area contributed by atoms with Gasteiger partial charge in [-0.05, 0) is 43.1 Å². The molecule has 1 saturated heterocycles. The van der Waals surface area contributed by atoms with Gasteiger partial charge in [0.15, 0.2) is 5.69 Å². The molecule has 0 radical (unpaired) electrons. The van der Waals surface area contributed by atoms with E-state index in [1.807, 2.05) is 20.8 Å². The molecule has 1 amide bonds. The van der Waals surface area contributed by atoms with E-state index < -0.39 is 0 Å². The molecule has 1 N–H and O–H groups in total. The molecule has 0 aliphatic carbocycles. The summed E-state index contributed by atoms with van der Waals surface area (Å²) < 4.78 is 6.28. The Kier molecular flexibility index (Phi) is 3.56. The predicted octanol–water partition coefficient (Wildman–Crippen LogP) is 2.51. The quantitative estimate of drug-likeness (QED) is 0.911. The van der Waals surface area contributed by atoms with Gasteiger partial charge in [0.2, 0.25) is 0 Å². The minimum Gasteiger partial charge on any atom is -0.376 e. The van der Waals surface area contributed by atoms with Gasteiger partial charge in [-0.25, -0.2) is 4.98 Å². The molecule has 0 bridgehead atoms. The largest absolute Gasteiger partial charge is 0.376 e. The van der Waals surface area contributed by atoms with Crippen LogP contribution < -0.4 is 5.32 Å². The molecule has 0 saturated carbocycles. The summed E-state index contributed by atoms with van der Waals surface area (Å²) in [5, 5.41) is 3.90. The molecule has 4 nitrogen and oxygen atoms in total. The number of rotatable bonds is 2. The highest BCUT2D eigenvalue weighted by atomic mass is 79.9. The molecular formula is C11H15BrN2O2S. The number of aryl methyl sites for hydroxylation is 1. The highest BCUT2D eigenvalue weighted by Gasteiger charge is 2.39. The molecule has 1 aliphatic heterocycles. The van der Waals surface area contributed by atoms with Gasteiger partial charge in [-0.1, -0.05) is 0 Å². The fourth-order valence-electron chi connectivity index (χ4n) is 1.86. The van der Waals surface area contributed by atoms with E-state index in [1.54, 1.807) is 0 Å². The molecule has 17 heavy (non-hydrogen) atoms. The lowest BCUT2D eigenvalue weighted by Crippen LogP contribution is -2.50. The second-order valence-electron chi connectivity index (χ2n) is 4.49. The van der Waals surface area contributed by atoms with Crippen LogP contribution in [-0.4, -0.2) is 29.1 Å². The summed E-state index contributed by atoms with van der Waals surface area (Å²) in [6, 6.07) is 0. The highest BCUT2D eigenvalue weighted by Crippen LogP contribution is 2.28. The van der Waals surface area contributed by atoms with Crippen molar-refractivity contribution in [3.8, 4) is 0 Å². The Morgan fingerprint density at radius 1 is 1.71 bits per heavy atom. The van der Waals surface area contributed by atoms with E-state index in [1.165, 1.54) is 11.3 Å². The van der Waals surface area contributed by atoms with Crippen molar-refractivity contribution in [1.82, 2.24) is 10.3 Å². The smallest absolute Gasteiger partial charge is 0.272 e. The Morgan fingerprint density at radius 2 is 2.41 bits per heavy atom. The first-order valence-corrected chi connectivity index (χ1v) is 7.10. The van der Waals surface area contributed by atoms with Crippen LogP contribution in [0.1, 0.15) is 35.8 Å². The summed E-state index contributed by atoms with van der Waals surface area (Å²) in [4.78, 5) is 16.4. The summed E-state index contributed by atoms with van der Waals surface area (Å²) in [6.45, 7) is 6.56. The van der Waals surface area contributed by atoms with E-state index >= 15 is 0 Å². The molecule has 1 aromatic heterocycles. The van der Waals surface area contributed by atoms with E-state index in [-0.39, 0.29) is 17.6 Å². The number of carbonyl (C=O) groups is 1. The van der Waals surface area contributed by atoms with E-state index in [0.717, 1.165) is 15.2 Å². The molecule has 1 fully saturated rings. The summed E-state index contributed by atoms with van der Waals surface area (Å²) in [5.41, 5.74) is 0.168. The van der Waals surface area contributed by atoms with Gasteiger partial charge in [-0.3, -0.25) is 4.79 Å². The number of hydrogen-bond donors (Lipinski definition) is 1. The van der Waals surface area contributed by atoms with Crippen molar-refractivity contribution in [2.75, 3.05) is 6.61 Å². The van der Waals surface area contributed by atoms with Crippen LogP contribution in [0.5, 0.6) is 0 Å². The Morgan fingerprint density at radius 3 is 2.88 bits per heavy atom. The maximum Gasteiger partial charge on any atom is 0.272 e. The summed E-state index contributed by atoms with van der Waals surface area (Å²) in [7, 11) is 0. The average Bonchev–Trinajstić information content (AvgIpc) is 2.72. The van der Waals surface area contributed by atoms with Crippen molar-refractivity contribution in [3.63, 3.8) is 0 Å². The van der Waals surface area contributed by atoms with Gasteiger partial charge < -0.3 is 10.1 Å². The van der Waals surface area contributed by atoms with Crippen LogP contribution >= 0.6 is 27.3 Å². The third kappa shape index (κ3) is 2.53. The topological polar surface area (TPSA) is 51.2 Å². The molecule has 2 atom stereocenters. The number of amides is 1. The molecule has 1 aromatic rings. The summed E-state index contributed by atoms with van der Waals surface area (Å²) in [6.07, 6.45) is 0.866. The van der Waals surface area contributed by atoms with Crippen molar-refractivity contribution in [1.29, 1.82) is 0 Å². The lowest BCUT2D eigenvalue weighted by molar-refractivity contribution is 0.0724. The van der Waals surface area contributed by atoms with Gasteiger partial charge in [-0.15, -0.1) is 11.3 Å². The summed E-state index contributed by atoms with van der Waals surface area (Å²) in [5.74, 6) is -0.138. The number of aromatic nitrogens is 1. The third-order valence-electron chi connectivity index (χ3n) is 3.19. The highest BCUT2D eigenvalue weighted by molar-refractivity contribution is 9.11. The lowest BCUT2D eigenvalue weighted by atomic mass is 9.94. The van der Waals surface area contributed by atoms with Crippen LogP contribution in [0.3, 0.4) is 0 Å². The van der Waals surface area contributed by atoms with Crippen molar-refractivity contribution in [3.05, 3.63) is 14.5 Å². The number of carbonyl (C=O) groups excluding carboxylic acids is 1. The zero-order valence-corrected chi connectivity index (χ0v) is 12.4. The second-order valence-corrected chi connectivity index (χ2v) is 7.01. The second kappa shape index (κ2) is 4.66. The van der Waals surface area contributed by atoms with Gasteiger partial charge >= 0.3 is 0 Å². The first-order chi connectivity index (χ1) is 7.92. The first-order valence-electron chi connectivity index (χ1n) is 5.49. The maximum absolute atomic E-state index is 12.1. The first kappa shape index (κ1) is 13.0. The maximum atomic E-state index is 12.1. The van der Waals surface area contributed by atoms with Crippen LogP contribution in [0.15, 0.2) is 3.79 Å². The number of thiazole rings is 1. The van der Waals surface area contributed by atoms with E-state index in [2.05, 4.69) is 26.2 Å². The standard InChI is InChI=1S/C11H15BrN2O2S/c1-6-11(3,4-5-16-6)14-10(15)8-9(12)17-7(2)13-8/h6H,4-5H2,1-3H3,(H,14,15). The minimum absolute atomic E-state index is 0.0324. The molecular weight excluding hydrogens is 304 g/mol. The number of hydrogen-bond acceptors (Lipinski definition) is 4. The monoisotopic (exact) mass is 318 g/mol. The molecule has 0 aromatic carbocycles. The molecule has 0 spiro atoms. The minimum atomic E-state index is -0.298. The van der Waals surface area contributed by atoms with Crippen LogP contribution in [-0.2, 0) is 4.74 Å². The Hall–Kier alpha value is -0.460. The third-order valence-corrected chi connectivity index (χ3v) is 4.81. The van der Waals surface area contributed by atoms with Gasteiger partial charge in [0.1, 0.15) is 3.79 Å². The van der Waals surface area contributed by atoms with Crippen molar-refractivity contribution in [2.24, 2.45) is 0 Å². The fourth-order valence-corrected chi connectivity index (χ4v) is 3.46. The Bertz CT molecular complexity index is 449. The number of nitrogens with one attached hydrogen (secondary N) is 1. The van der Waals surface area contributed by atoms with Gasteiger partial charge in [0.25, 0.3) is 5.91 Å². The number of ether oxygens (including phenoxy) is 1. The molecule has 2 heterocycles. The fraction of sp³-hybridized carbons (Fsp3) is 0.636. The average molecular weight is 319 g/mol. The molecule has 2 rings (SSSR count). The SMILES string of the molecule is Cc1nc(C(=O)NC2(C)CCOC2C)c(Br)s1. The summed E-state index contributed by atoms with van der Waals surface area (Å²) >= 11 is 4.83. The van der Waals surface area contributed by atoms with Crippen molar-refractivity contribution < 1.29 is 9.53 Å². The Labute approximate surface area is 113 Å². The van der Waals surface area contributed by atoms with Gasteiger partial charge in [0.05, 0.1) is 16.7 Å². The van der Waals surface area contributed by atoms with Gasteiger partial charge in [-0.2, -0.15) is 0 Å². The van der Waals surface area contributed by atoms with Crippen LogP contribution in [0, 0.1) is 6.92 Å². The van der Waals surface area contributed by atoms with Crippen LogP contribution in [0.25, 0.3) is 0 Å². The van der Waals surface area contributed by atoms with Gasteiger partial charge in [0, 0.05) is 6.61 Å². The Balaban J connectivity index is 2.14. The number of nitrogens with zero attached hydrogens (tertiary/aromatic N) is 1. The van der Waals surface area contributed by atoms with Crippen LogP contribution in [0.4, 0.5) is 0 Å². The predicted molar refractivity (Wildman–Crippen MR) is 70.5 cm³/mol. The molecule has 94 valence electrons. The normalized spacial score (nSPS) is 28.4. The van der Waals surface area contributed by atoms with E-state index in [0.29, 0.717) is 12.3 Å². The van der Waals surface area contributed by atoms with Crippen molar-refractivity contribution >= 4 is 33.2 Å². The molecule has 1 aliphatic rings. The van der Waals surface area contributed by atoms with Crippen LogP contribution in [0.2, 0.25) is 0 Å². The van der Waals surface area contributed by atoms with E-state index in [4.69, 9.17) is 4.74 Å². The molecule has 6 heteroatoms.